The van der Waals surface area contributed by atoms with Crippen molar-refractivity contribution < 1.29 is 4.74 Å². The van der Waals surface area contributed by atoms with E-state index in [2.05, 4.69) is 13.8 Å². The summed E-state index contributed by atoms with van der Waals surface area (Å²) in [6.45, 7) is 7.99. The van der Waals surface area contributed by atoms with E-state index in [-0.39, 0.29) is 0 Å². The van der Waals surface area contributed by atoms with Gasteiger partial charge in [0.25, 0.3) is 0 Å². The summed E-state index contributed by atoms with van der Waals surface area (Å²) in [5.74, 6) is 0. The average molecular weight is 199 g/mol. The normalized spacial score (nSPS) is 10.7. The van der Waals surface area contributed by atoms with Crippen molar-refractivity contribution in [3.63, 3.8) is 0 Å². The molecule has 0 aromatic rings. The Kier molecular flexibility index (Phi) is 12.9. The molecule has 0 spiro atoms. The lowest BCUT2D eigenvalue weighted by atomic mass is 10.2. The average Bonchev–Trinajstić information content (AvgIpc) is 2.21. The van der Waals surface area contributed by atoms with E-state index in [9.17, 15) is 0 Å². The van der Waals surface area contributed by atoms with Crippen LogP contribution in [0.25, 0.3) is 0 Å². The van der Waals surface area contributed by atoms with Crippen molar-refractivity contribution in [2.75, 3.05) is 13.2 Å². The zero-order valence-electron chi connectivity index (χ0n) is 9.89. The summed E-state index contributed by atoms with van der Waals surface area (Å²) in [5.41, 5.74) is 0. The quantitative estimate of drug-likeness (QED) is 0.449. The molecule has 0 rings (SSSR count). The predicted molar refractivity (Wildman–Crippen MR) is 63.4 cm³/mol. The van der Waals surface area contributed by atoms with Crippen LogP contribution in [0.4, 0.5) is 0 Å². The molecule has 14 heavy (non-hydrogen) atoms. The summed E-state index contributed by atoms with van der Waals surface area (Å²) in [7, 11) is 0. The molecule has 0 unspecified atom stereocenters. The molecule has 0 aliphatic rings. The molecule has 0 amide bonds. The van der Waals surface area contributed by atoms with E-state index in [0.717, 1.165) is 19.6 Å². The molecule has 0 saturated carbocycles. The molecule has 0 aromatic carbocycles. The first kappa shape index (κ1) is 14.0. The maximum Gasteiger partial charge on any atom is 0.0466 e. The topological polar surface area (TPSA) is 9.23 Å². The highest BCUT2D eigenvalue weighted by Gasteiger charge is 1.91. The van der Waals surface area contributed by atoms with Crippen molar-refractivity contribution in [3.8, 4) is 0 Å². The number of hydrogen-bond donors (Lipinski definition) is 0. The van der Waals surface area contributed by atoms with Crippen molar-refractivity contribution in [2.45, 2.75) is 64.7 Å². The highest BCUT2D eigenvalue weighted by molar-refractivity contribution is 4.45. The molecule has 1 heteroatoms. The molecule has 0 atom stereocenters. The lowest BCUT2D eigenvalue weighted by molar-refractivity contribution is 0.126. The van der Waals surface area contributed by atoms with Crippen LogP contribution in [0.15, 0.2) is 0 Å². The molecule has 0 aliphatic carbocycles. The first-order chi connectivity index (χ1) is 6.91. The number of hydrogen-bond acceptors (Lipinski definition) is 1. The Balaban J connectivity index is 2.78. The highest BCUT2D eigenvalue weighted by Crippen LogP contribution is 2.03. The van der Waals surface area contributed by atoms with E-state index in [1.165, 1.54) is 51.4 Å². The SMILES string of the molecule is [CH2]CCCCCOCCCCCCC. The van der Waals surface area contributed by atoms with Crippen LogP contribution in [0.5, 0.6) is 0 Å². The second-order valence-corrected chi connectivity index (χ2v) is 3.94. The van der Waals surface area contributed by atoms with Gasteiger partial charge in [-0.15, -0.1) is 0 Å². The lowest BCUT2D eigenvalue weighted by Crippen LogP contribution is -1.97. The zero-order chi connectivity index (χ0) is 10.5. The monoisotopic (exact) mass is 199 g/mol. The van der Waals surface area contributed by atoms with Crippen molar-refractivity contribution >= 4 is 0 Å². The van der Waals surface area contributed by atoms with Crippen molar-refractivity contribution in [3.05, 3.63) is 6.92 Å². The molecule has 0 aromatic heterocycles. The van der Waals surface area contributed by atoms with Gasteiger partial charge in [-0.05, 0) is 12.8 Å². The van der Waals surface area contributed by atoms with Crippen LogP contribution < -0.4 is 0 Å². The van der Waals surface area contributed by atoms with E-state index in [4.69, 9.17) is 4.74 Å². The minimum Gasteiger partial charge on any atom is -0.381 e. The molecular formula is C13H27O. The summed E-state index contributed by atoms with van der Waals surface area (Å²) in [5, 5.41) is 0. The standard InChI is InChI=1S/C13H27O/c1-3-5-7-9-11-13-14-12-10-8-6-4-2/h2-13H2,1H3. The van der Waals surface area contributed by atoms with Gasteiger partial charge >= 0.3 is 0 Å². The van der Waals surface area contributed by atoms with Crippen molar-refractivity contribution in [1.29, 1.82) is 0 Å². The van der Waals surface area contributed by atoms with Crippen molar-refractivity contribution in [2.24, 2.45) is 0 Å². The third kappa shape index (κ3) is 12.0. The van der Waals surface area contributed by atoms with E-state index in [1.807, 2.05) is 0 Å². The Morgan fingerprint density at radius 2 is 1.36 bits per heavy atom. The molecule has 0 aliphatic heterocycles. The second kappa shape index (κ2) is 13.0. The van der Waals surface area contributed by atoms with Crippen LogP contribution in [0.1, 0.15) is 64.7 Å². The van der Waals surface area contributed by atoms with Gasteiger partial charge in [0.1, 0.15) is 0 Å². The summed E-state index contributed by atoms with van der Waals surface area (Å²) < 4.78 is 5.54. The van der Waals surface area contributed by atoms with Gasteiger partial charge in [-0.25, -0.2) is 0 Å². The van der Waals surface area contributed by atoms with Gasteiger partial charge in [-0.1, -0.05) is 58.8 Å². The molecule has 1 nitrogen and oxygen atoms in total. The Hall–Kier alpha value is -0.0400. The maximum absolute atomic E-state index is 5.54. The van der Waals surface area contributed by atoms with Gasteiger partial charge in [-0.2, -0.15) is 0 Å². The fourth-order valence-corrected chi connectivity index (χ4v) is 1.47. The number of unbranched alkanes of at least 4 members (excludes halogenated alkanes) is 7. The minimum atomic E-state index is 0.952. The molecular weight excluding hydrogens is 172 g/mol. The van der Waals surface area contributed by atoms with Crippen LogP contribution in [0, 0.1) is 6.92 Å². The van der Waals surface area contributed by atoms with Crippen LogP contribution in [-0.2, 0) is 4.74 Å². The molecule has 0 bridgehead atoms. The van der Waals surface area contributed by atoms with Gasteiger partial charge in [0.15, 0.2) is 0 Å². The Morgan fingerprint density at radius 3 is 1.93 bits per heavy atom. The van der Waals surface area contributed by atoms with E-state index >= 15 is 0 Å². The van der Waals surface area contributed by atoms with Crippen molar-refractivity contribution in [1.82, 2.24) is 0 Å². The second-order valence-electron chi connectivity index (χ2n) is 3.94. The number of rotatable bonds is 11. The molecule has 85 valence electrons. The minimum absolute atomic E-state index is 0.952. The first-order valence-electron chi connectivity index (χ1n) is 6.28. The first-order valence-corrected chi connectivity index (χ1v) is 6.28. The Bertz CT molecular complexity index is 79.2. The zero-order valence-corrected chi connectivity index (χ0v) is 9.89. The molecule has 0 saturated heterocycles. The van der Waals surface area contributed by atoms with Gasteiger partial charge < -0.3 is 4.74 Å². The molecule has 0 N–H and O–H groups in total. The number of ether oxygens (including phenoxy) is 1. The third-order valence-electron chi connectivity index (χ3n) is 2.43. The van der Waals surface area contributed by atoms with Gasteiger partial charge in [0.2, 0.25) is 0 Å². The fourth-order valence-electron chi connectivity index (χ4n) is 1.47. The van der Waals surface area contributed by atoms with E-state index in [1.54, 1.807) is 0 Å². The summed E-state index contributed by atoms with van der Waals surface area (Å²) in [4.78, 5) is 0. The molecule has 0 heterocycles. The van der Waals surface area contributed by atoms with Gasteiger partial charge in [0.05, 0.1) is 0 Å². The summed E-state index contributed by atoms with van der Waals surface area (Å²) >= 11 is 0. The maximum atomic E-state index is 5.54. The van der Waals surface area contributed by atoms with Crippen LogP contribution in [0.2, 0.25) is 0 Å². The molecule has 1 radical (unpaired) electrons. The smallest absolute Gasteiger partial charge is 0.0466 e. The van der Waals surface area contributed by atoms with E-state index in [0.29, 0.717) is 0 Å². The van der Waals surface area contributed by atoms with Crippen LogP contribution >= 0.6 is 0 Å². The fraction of sp³-hybridized carbons (Fsp3) is 0.923. The van der Waals surface area contributed by atoms with Crippen LogP contribution in [0.3, 0.4) is 0 Å². The highest BCUT2D eigenvalue weighted by atomic mass is 16.5. The van der Waals surface area contributed by atoms with E-state index < -0.39 is 0 Å². The molecule has 0 fully saturated rings. The van der Waals surface area contributed by atoms with Gasteiger partial charge in [-0.3, -0.25) is 0 Å². The Morgan fingerprint density at radius 1 is 0.786 bits per heavy atom. The summed E-state index contributed by atoms with van der Waals surface area (Å²) in [6, 6.07) is 0. The largest absolute Gasteiger partial charge is 0.381 e. The predicted octanol–water partition coefficient (Wildman–Crippen LogP) is 4.37. The Labute approximate surface area is 90.2 Å². The van der Waals surface area contributed by atoms with Gasteiger partial charge in [0, 0.05) is 13.2 Å². The van der Waals surface area contributed by atoms with Crippen LogP contribution in [-0.4, -0.2) is 13.2 Å². The summed E-state index contributed by atoms with van der Waals surface area (Å²) in [6.07, 6.45) is 11.5. The third-order valence-corrected chi connectivity index (χ3v) is 2.43. The lowest BCUT2D eigenvalue weighted by Gasteiger charge is -2.03.